The van der Waals surface area contributed by atoms with Gasteiger partial charge in [0.2, 0.25) is 0 Å². The van der Waals surface area contributed by atoms with Gasteiger partial charge in [0.25, 0.3) is 0 Å². The molecule has 0 amide bonds. The number of aryl methyl sites for hydroxylation is 1. The van der Waals surface area contributed by atoms with Gasteiger partial charge >= 0.3 is 0 Å². The van der Waals surface area contributed by atoms with E-state index in [9.17, 15) is 0 Å². The smallest absolute Gasteiger partial charge is 0.126 e. The van der Waals surface area contributed by atoms with Crippen LogP contribution in [0.3, 0.4) is 0 Å². The van der Waals surface area contributed by atoms with Crippen molar-refractivity contribution in [1.29, 1.82) is 0 Å². The monoisotopic (exact) mass is 254 g/mol. The zero-order valence-corrected chi connectivity index (χ0v) is 11.5. The van der Waals surface area contributed by atoms with Crippen molar-refractivity contribution in [3.8, 4) is 11.5 Å². The Kier molecular flexibility index (Phi) is 4.24. The van der Waals surface area contributed by atoms with Crippen LogP contribution in [-0.2, 0) is 0 Å². The highest BCUT2D eigenvalue weighted by molar-refractivity contribution is 5.73. The van der Waals surface area contributed by atoms with Crippen LogP contribution >= 0.6 is 0 Å². The van der Waals surface area contributed by atoms with E-state index in [1.165, 1.54) is 5.56 Å². The number of hydrogen-bond donors (Lipinski definition) is 0. The predicted octanol–water partition coefficient (Wildman–Crippen LogP) is 4.18. The Labute approximate surface area is 114 Å². The van der Waals surface area contributed by atoms with Crippen molar-refractivity contribution in [3.05, 3.63) is 59.2 Å². The molecule has 0 aromatic heterocycles. The summed E-state index contributed by atoms with van der Waals surface area (Å²) in [4.78, 5) is 0. The van der Waals surface area contributed by atoms with Crippen LogP contribution in [0.25, 0.3) is 12.2 Å². The third kappa shape index (κ3) is 3.38. The Morgan fingerprint density at radius 3 is 2.21 bits per heavy atom. The van der Waals surface area contributed by atoms with Crippen molar-refractivity contribution >= 4 is 12.2 Å². The highest BCUT2D eigenvalue weighted by Gasteiger charge is 2.01. The molecule has 0 heterocycles. The maximum atomic E-state index is 5.35. The molecule has 0 spiro atoms. The van der Waals surface area contributed by atoms with Gasteiger partial charge in [-0.3, -0.25) is 0 Å². The molecule has 2 nitrogen and oxygen atoms in total. The Hall–Kier alpha value is -2.22. The Morgan fingerprint density at radius 1 is 0.842 bits per heavy atom. The second-order valence-electron chi connectivity index (χ2n) is 4.35. The summed E-state index contributed by atoms with van der Waals surface area (Å²) in [6.45, 7) is 2.08. The van der Waals surface area contributed by atoms with Crippen LogP contribution in [0.15, 0.2) is 42.5 Å². The molecule has 2 heteroatoms. The number of hydrogen-bond acceptors (Lipinski definition) is 2. The van der Waals surface area contributed by atoms with E-state index in [-0.39, 0.29) is 0 Å². The summed E-state index contributed by atoms with van der Waals surface area (Å²) in [5.74, 6) is 1.66. The van der Waals surface area contributed by atoms with Gasteiger partial charge in [-0.1, -0.05) is 42.0 Å². The first-order valence-corrected chi connectivity index (χ1v) is 6.19. The Balaban J connectivity index is 2.28. The summed E-state index contributed by atoms with van der Waals surface area (Å²) in [6, 6.07) is 14.2. The van der Waals surface area contributed by atoms with Gasteiger partial charge in [-0.2, -0.15) is 0 Å². The minimum atomic E-state index is 0.823. The number of methoxy groups -OCH3 is 2. The SMILES string of the molecule is COc1ccc(OC)c(/C=C/c2ccc(C)cc2)c1. The summed E-state index contributed by atoms with van der Waals surface area (Å²) < 4.78 is 10.6. The van der Waals surface area contributed by atoms with Gasteiger partial charge in [0.05, 0.1) is 14.2 Å². The molecule has 0 aliphatic carbocycles. The van der Waals surface area contributed by atoms with Gasteiger partial charge in [0, 0.05) is 5.56 Å². The standard InChI is InChI=1S/C17H18O2/c1-13-4-6-14(7-5-13)8-9-15-12-16(18-2)10-11-17(15)19-3/h4-12H,1-3H3/b9-8+. The molecular weight excluding hydrogens is 236 g/mol. The van der Waals surface area contributed by atoms with Crippen LogP contribution in [0.5, 0.6) is 11.5 Å². The molecule has 2 rings (SSSR count). The van der Waals surface area contributed by atoms with Crippen molar-refractivity contribution in [3.63, 3.8) is 0 Å². The Morgan fingerprint density at radius 2 is 1.58 bits per heavy atom. The van der Waals surface area contributed by atoms with E-state index in [0.29, 0.717) is 0 Å². The van der Waals surface area contributed by atoms with E-state index in [0.717, 1.165) is 22.6 Å². The normalized spacial score (nSPS) is 10.7. The lowest BCUT2D eigenvalue weighted by atomic mass is 10.1. The fourth-order valence-electron chi connectivity index (χ4n) is 1.83. The molecule has 0 saturated heterocycles. The van der Waals surface area contributed by atoms with Crippen LogP contribution in [0.4, 0.5) is 0 Å². The quantitative estimate of drug-likeness (QED) is 0.762. The molecule has 0 aliphatic rings. The predicted molar refractivity (Wildman–Crippen MR) is 79.7 cm³/mol. The summed E-state index contributed by atoms with van der Waals surface area (Å²) in [6.07, 6.45) is 4.10. The first-order chi connectivity index (χ1) is 9.22. The molecule has 19 heavy (non-hydrogen) atoms. The molecule has 0 aliphatic heterocycles. The average molecular weight is 254 g/mol. The maximum absolute atomic E-state index is 5.35. The molecule has 0 bridgehead atoms. The molecule has 0 fully saturated rings. The molecule has 2 aromatic rings. The fourth-order valence-corrected chi connectivity index (χ4v) is 1.83. The summed E-state index contributed by atoms with van der Waals surface area (Å²) >= 11 is 0. The number of rotatable bonds is 4. The molecule has 0 radical (unpaired) electrons. The minimum absolute atomic E-state index is 0.823. The van der Waals surface area contributed by atoms with Crippen LogP contribution in [0.1, 0.15) is 16.7 Å². The van der Waals surface area contributed by atoms with Crippen molar-refractivity contribution in [1.82, 2.24) is 0 Å². The molecule has 0 N–H and O–H groups in total. The van der Waals surface area contributed by atoms with Gasteiger partial charge in [-0.25, -0.2) is 0 Å². The second kappa shape index (κ2) is 6.10. The fraction of sp³-hybridized carbons (Fsp3) is 0.176. The van der Waals surface area contributed by atoms with Gasteiger partial charge in [-0.05, 0) is 30.7 Å². The largest absolute Gasteiger partial charge is 0.497 e. The highest BCUT2D eigenvalue weighted by Crippen LogP contribution is 2.25. The van der Waals surface area contributed by atoms with Gasteiger partial charge in [0.1, 0.15) is 11.5 Å². The first-order valence-electron chi connectivity index (χ1n) is 6.19. The third-order valence-corrected chi connectivity index (χ3v) is 2.97. The number of benzene rings is 2. The first kappa shape index (κ1) is 13.2. The van der Waals surface area contributed by atoms with Gasteiger partial charge < -0.3 is 9.47 Å². The lowest BCUT2D eigenvalue weighted by Crippen LogP contribution is -1.89. The van der Waals surface area contributed by atoms with E-state index in [1.807, 2.05) is 24.3 Å². The van der Waals surface area contributed by atoms with E-state index in [4.69, 9.17) is 9.47 Å². The molecule has 0 atom stereocenters. The van der Waals surface area contributed by atoms with Gasteiger partial charge in [0.15, 0.2) is 0 Å². The topological polar surface area (TPSA) is 18.5 Å². The van der Waals surface area contributed by atoms with E-state index in [2.05, 4.69) is 37.3 Å². The second-order valence-corrected chi connectivity index (χ2v) is 4.35. The zero-order valence-electron chi connectivity index (χ0n) is 11.5. The van der Waals surface area contributed by atoms with Crippen LogP contribution in [0.2, 0.25) is 0 Å². The van der Waals surface area contributed by atoms with Crippen LogP contribution < -0.4 is 9.47 Å². The minimum Gasteiger partial charge on any atom is -0.497 e. The summed E-state index contributed by atoms with van der Waals surface area (Å²) in [7, 11) is 3.33. The lowest BCUT2D eigenvalue weighted by molar-refractivity contribution is 0.402. The highest BCUT2D eigenvalue weighted by atomic mass is 16.5. The number of ether oxygens (including phenoxy) is 2. The van der Waals surface area contributed by atoms with Crippen molar-refractivity contribution < 1.29 is 9.47 Å². The molecule has 2 aromatic carbocycles. The van der Waals surface area contributed by atoms with Crippen molar-refractivity contribution in [2.24, 2.45) is 0 Å². The van der Waals surface area contributed by atoms with Crippen LogP contribution in [-0.4, -0.2) is 14.2 Å². The lowest BCUT2D eigenvalue weighted by Gasteiger charge is -2.07. The van der Waals surface area contributed by atoms with Crippen molar-refractivity contribution in [2.45, 2.75) is 6.92 Å². The molecule has 0 saturated carbocycles. The molecule has 98 valence electrons. The van der Waals surface area contributed by atoms with Gasteiger partial charge in [-0.15, -0.1) is 0 Å². The third-order valence-electron chi connectivity index (χ3n) is 2.97. The van der Waals surface area contributed by atoms with Crippen molar-refractivity contribution in [2.75, 3.05) is 14.2 Å². The van der Waals surface area contributed by atoms with E-state index < -0.39 is 0 Å². The average Bonchev–Trinajstić information content (AvgIpc) is 2.46. The summed E-state index contributed by atoms with van der Waals surface area (Å²) in [5.41, 5.74) is 3.43. The zero-order chi connectivity index (χ0) is 13.7. The Bertz CT molecular complexity index is 568. The summed E-state index contributed by atoms with van der Waals surface area (Å²) in [5, 5.41) is 0. The molecule has 0 unspecified atom stereocenters. The molecular formula is C17H18O2. The maximum Gasteiger partial charge on any atom is 0.126 e. The van der Waals surface area contributed by atoms with E-state index >= 15 is 0 Å². The van der Waals surface area contributed by atoms with E-state index in [1.54, 1.807) is 14.2 Å². The van der Waals surface area contributed by atoms with Crippen LogP contribution in [0, 0.1) is 6.92 Å².